The van der Waals surface area contributed by atoms with Crippen molar-refractivity contribution >= 4 is 39.0 Å². The number of ether oxygens (including phenoxy) is 2. The maximum absolute atomic E-state index is 12.9. The number of nitrogens with two attached hydrogens (primary N) is 1. The summed E-state index contributed by atoms with van der Waals surface area (Å²) in [5.74, 6) is 0.580. The lowest BCUT2D eigenvalue weighted by Crippen LogP contribution is -2.25. The number of hydrogen-bond acceptors (Lipinski definition) is 9. The Morgan fingerprint density at radius 1 is 1.15 bits per heavy atom. The Hall–Kier alpha value is -3.31. The molecule has 174 valence electrons. The van der Waals surface area contributed by atoms with Crippen LogP contribution >= 0.6 is 11.8 Å². The van der Waals surface area contributed by atoms with Crippen LogP contribution in [0.1, 0.15) is 13.3 Å². The molecule has 0 saturated carbocycles. The van der Waals surface area contributed by atoms with Crippen molar-refractivity contribution in [2.45, 2.75) is 33.5 Å². The minimum Gasteiger partial charge on any atom is -0.497 e. The maximum Gasteiger partial charge on any atom is 0.238 e. The minimum absolute atomic E-state index is 0.0961. The lowest BCUT2D eigenvalue weighted by Gasteiger charge is -2.16. The molecule has 0 fully saturated rings. The number of nitrogen functional groups attached to an aromatic ring is 1. The maximum atomic E-state index is 12.9. The molecule has 3 rings (SSSR count). The smallest absolute Gasteiger partial charge is 0.238 e. The Labute approximate surface area is 196 Å². The van der Waals surface area contributed by atoms with Crippen LogP contribution in [0.4, 0.5) is 11.5 Å². The third-order valence-corrected chi connectivity index (χ3v) is 7.71. The predicted molar refractivity (Wildman–Crippen MR) is 126 cm³/mol. The number of thioether (sulfide) groups is 1. The van der Waals surface area contributed by atoms with Crippen LogP contribution in [0, 0.1) is 0 Å². The molecule has 33 heavy (non-hydrogen) atoms. The van der Waals surface area contributed by atoms with Gasteiger partial charge in [-0.05, 0) is 30.7 Å². The van der Waals surface area contributed by atoms with Crippen LogP contribution in [0.3, 0.4) is 0 Å². The third-order valence-electron chi connectivity index (χ3n) is 4.68. The second-order valence-electron chi connectivity index (χ2n) is 6.79. The molecule has 0 aliphatic rings. The first-order valence-electron chi connectivity index (χ1n) is 9.92. The molecule has 3 aromatic rings. The second kappa shape index (κ2) is 10.5. The van der Waals surface area contributed by atoms with Gasteiger partial charge in [0.2, 0.25) is 15.7 Å². The van der Waals surface area contributed by atoms with Crippen LogP contribution in [0.25, 0.3) is 0 Å². The highest BCUT2D eigenvalue weighted by Gasteiger charge is 2.25. The van der Waals surface area contributed by atoms with E-state index >= 15 is 0 Å². The standard InChI is InChI=1S/C22H24N4O5S2/c1-4-18(21(27)25-16-12-14(30-2)10-11-17(16)31-3)32-22-24-13-19(20(23)26-22)33(28,29)15-8-6-5-7-9-15/h5-13,18H,4H2,1-3H3,(H,25,27)(H2,23,24,26)/t18-/m1/s1. The molecule has 0 aliphatic heterocycles. The summed E-state index contributed by atoms with van der Waals surface area (Å²) < 4.78 is 36.1. The van der Waals surface area contributed by atoms with Gasteiger partial charge in [0.25, 0.3) is 0 Å². The van der Waals surface area contributed by atoms with Crippen molar-refractivity contribution in [1.82, 2.24) is 9.97 Å². The summed E-state index contributed by atoms with van der Waals surface area (Å²) in [4.78, 5) is 21.1. The summed E-state index contributed by atoms with van der Waals surface area (Å²) in [6.45, 7) is 1.84. The highest BCUT2D eigenvalue weighted by atomic mass is 32.2. The topological polar surface area (TPSA) is 134 Å². The number of nitrogens with one attached hydrogen (secondary N) is 1. The van der Waals surface area contributed by atoms with Gasteiger partial charge >= 0.3 is 0 Å². The third kappa shape index (κ3) is 5.55. The van der Waals surface area contributed by atoms with Crippen molar-refractivity contribution in [3.8, 4) is 11.5 Å². The summed E-state index contributed by atoms with van der Waals surface area (Å²) in [7, 11) is -0.822. The first kappa shape index (κ1) is 24.3. The molecule has 2 aromatic carbocycles. The summed E-state index contributed by atoms with van der Waals surface area (Å²) in [6.07, 6.45) is 1.64. The summed E-state index contributed by atoms with van der Waals surface area (Å²) in [5, 5.41) is 2.47. The minimum atomic E-state index is -3.86. The number of rotatable bonds is 9. The summed E-state index contributed by atoms with van der Waals surface area (Å²) in [6, 6.07) is 13.0. The van der Waals surface area contributed by atoms with E-state index in [0.717, 1.165) is 11.8 Å². The van der Waals surface area contributed by atoms with Crippen LogP contribution < -0.4 is 20.5 Å². The van der Waals surface area contributed by atoms with Gasteiger partial charge in [-0.1, -0.05) is 36.9 Å². The fraction of sp³-hybridized carbons (Fsp3) is 0.227. The number of nitrogens with zero attached hydrogens (tertiary/aromatic N) is 2. The number of hydrogen-bond donors (Lipinski definition) is 2. The highest BCUT2D eigenvalue weighted by Crippen LogP contribution is 2.32. The van der Waals surface area contributed by atoms with Crippen molar-refractivity contribution in [3.05, 3.63) is 54.7 Å². The van der Waals surface area contributed by atoms with Gasteiger partial charge in [0.1, 0.15) is 22.2 Å². The second-order valence-corrected chi connectivity index (χ2v) is 9.88. The molecule has 0 bridgehead atoms. The molecule has 3 N–H and O–H groups in total. The van der Waals surface area contributed by atoms with Crippen molar-refractivity contribution in [3.63, 3.8) is 0 Å². The number of aromatic nitrogens is 2. The number of carbonyl (C=O) groups excluding carboxylic acids is 1. The molecular formula is C22H24N4O5S2. The van der Waals surface area contributed by atoms with E-state index in [-0.39, 0.29) is 26.7 Å². The number of benzene rings is 2. The zero-order valence-electron chi connectivity index (χ0n) is 18.3. The lowest BCUT2D eigenvalue weighted by atomic mass is 10.2. The molecule has 1 aromatic heterocycles. The average molecular weight is 489 g/mol. The van der Waals surface area contributed by atoms with Crippen LogP contribution in [0.2, 0.25) is 0 Å². The Morgan fingerprint density at radius 3 is 2.48 bits per heavy atom. The Kier molecular flexibility index (Phi) is 7.77. The van der Waals surface area contributed by atoms with Gasteiger partial charge in [-0.15, -0.1) is 0 Å². The Balaban J connectivity index is 1.79. The van der Waals surface area contributed by atoms with E-state index in [0.29, 0.717) is 23.6 Å². The van der Waals surface area contributed by atoms with Crippen molar-refractivity contribution in [2.24, 2.45) is 0 Å². The van der Waals surface area contributed by atoms with Gasteiger partial charge < -0.3 is 20.5 Å². The van der Waals surface area contributed by atoms with Crippen molar-refractivity contribution in [2.75, 3.05) is 25.3 Å². The molecule has 9 nitrogen and oxygen atoms in total. The Morgan fingerprint density at radius 2 is 1.88 bits per heavy atom. The molecule has 1 atom stereocenters. The van der Waals surface area contributed by atoms with E-state index in [9.17, 15) is 13.2 Å². The van der Waals surface area contributed by atoms with Crippen LogP contribution in [0.5, 0.6) is 11.5 Å². The predicted octanol–water partition coefficient (Wildman–Crippen LogP) is 3.42. The van der Waals surface area contributed by atoms with Crippen LogP contribution in [0.15, 0.2) is 69.7 Å². The molecular weight excluding hydrogens is 464 g/mol. The molecule has 0 aliphatic carbocycles. The molecule has 0 unspecified atom stereocenters. The van der Waals surface area contributed by atoms with Gasteiger partial charge in [0.15, 0.2) is 5.16 Å². The van der Waals surface area contributed by atoms with E-state index in [1.165, 1.54) is 32.5 Å². The normalized spacial score (nSPS) is 12.1. The quantitative estimate of drug-likeness (QED) is 0.343. The van der Waals surface area contributed by atoms with E-state index in [2.05, 4.69) is 15.3 Å². The molecule has 11 heteroatoms. The average Bonchev–Trinajstić information content (AvgIpc) is 2.82. The number of methoxy groups -OCH3 is 2. The van der Waals surface area contributed by atoms with E-state index in [1.54, 1.807) is 36.4 Å². The van der Waals surface area contributed by atoms with Gasteiger partial charge in [-0.3, -0.25) is 4.79 Å². The fourth-order valence-corrected chi connectivity index (χ4v) is 5.07. The van der Waals surface area contributed by atoms with Crippen molar-refractivity contribution in [1.29, 1.82) is 0 Å². The number of amides is 1. The first-order chi connectivity index (χ1) is 15.8. The largest absolute Gasteiger partial charge is 0.497 e. The zero-order chi connectivity index (χ0) is 24.0. The van der Waals surface area contributed by atoms with E-state index in [1.807, 2.05) is 6.92 Å². The number of sulfone groups is 1. The van der Waals surface area contributed by atoms with Gasteiger partial charge in [-0.2, -0.15) is 0 Å². The lowest BCUT2D eigenvalue weighted by molar-refractivity contribution is -0.115. The molecule has 1 heterocycles. The van der Waals surface area contributed by atoms with Gasteiger partial charge in [0.05, 0.1) is 36.2 Å². The Bertz CT molecular complexity index is 1240. The number of carbonyl (C=O) groups is 1. The summed E-state index contributed by atoms with van der Waals surface area (Å²) in [5.41, 5.74) is 6.42. The first-order valence-corrected chi connectivity index (χ1v) is 12.3. The molecule has 0 spiro atoms. The van der Waals surface area contributed by atoms with Crippen LogP contribution in [-0.2, 0) is 14.6 Å². The van der Waals surface area contributed by atoms with Gasteiger partial charge in [-0.25, -0.2) is 18.4 Å². The van der Waals surface area contributed by atoms with Crippen LogP contribution in [-0.4, -0.2) is 43.8 Å². The number of anilines is 2. The summed E-state index contributed by atoms with van der Waals surface area (Å²) >= 11 is 1.09. The van der Waals surface area contributed by atoms with E-state index in [4.69, 9.17) is 15.2 Å². The van der Waals surface area contributed by atoms with E-state index < -0.39 is 15.1 Å². The SMILES string of the molecule is CC[C@@H](Sc1ncc(S(=O)(=O)c2ccccc2)c(N)n1)C(=O)Nc1cc(OC)ccc1OC. The molecule has 0 saturated heterocycles. The van der Waals surface area contributed by atoms with Crippen molar-refractivity contribution < 1.29 is 22.7 Å². The monoisotopic (exact) mass is 488 g/mol. The van der Waals surface area contributed by atoms with Gasteiger partial charge in [0, 0.05) is 6.07 Å². The highest BCUT2D eigenvalue weighted by molar-refractivity contribution is 8.00. The fourth-order valence-electron chi connectivity index (χ4n) is 2.93. The zero-order valence-corrected chi connectivity index (χ0v) is 19.9. The molecule has 0 radical (unpaired) electrons. The molecule has 1 amide bonds.